The first-order chi connectivity index (χ1) is 9.75. The Balaban J connectivity index is 1.63. The highest BCUT2D eigenvalue weighted by molar-refractivity contribution is 5.78. The lowest BCUT2D eigenvalue weighted by atomic mass is 9.98. The summed E-state index contributed by atoms with van der Waals surface area (Å²) in [4.78, 5) is 14.1. The Kier molecular flexibility index (Phi) is 6.02. The minimum Gasteiger partial charge on any atom is -0.355 e. The van der Waals surface area contributed by atoms with Gasteiger partial charge in [-0.15, -0.1) is 0 Å². The van der Waals surface area contributed by atoms with Crippen molar-refractivity contribution in [1.29, 1.82) is 0 Å². The number of rotatable bonds is 6. The van der Waals surface area contributed by atoms with Gasteiger partial charge in [-0.25, -0.2) is 0 Å². The highest BCUT2D eigenvalue weighted by atomic mass is 16.2. The molecule has 1 heterocycles. The highest BCUT2D eigenvalue weighted by Gasteiger charge is 2.13. The van der Waals surface area contributed by atoms with Crippen LogP contribution in [0.15, 0.2) is 30.3 Å². The predicted molar refractivity (Wildman–Crippen MR) is 81.8 cm³/mol. The number of piperazine rings is 1. The van der Waals surface area contributed by atoms with Gasteiger partial charge in [-0.1, -0.05) is 37.3 Å². The molecule has 1 aromatic rings. The molecular weight excluding hydrogens is 250 g/mol. The molecule has 20 heavy (non-hydrogen) atoms. The van der Waals surface area contributed by atoms with E-state index in [1.54, 1.807) is 0 Å². The maximum absolute atomic E-state index is 11.9. The Hall–Kier alpha value is -1.39. The number of carbonyl (C=O) groups is 1. The fourth-order valence-electron chi connectivity index (χ4n) is 2.50. The summed E-state index contributed by atoms with van der Waals surface area (Å²) in [6.45, 7) is 7.39. The molecule has 2 N–H and O–H groups in total. The van der Waals surface area contributed by atoms with Gasteiger partial charge in [0.05, 0.1) is 6.54 Å². The summed E-state index contributed by atoms with van der Waals surface area (Å²) in [7, 11) is 0. The normalized spacial score (nSPS) is 17.6. The van der Waals surface area contributed by atoms with Crippen LogP contribution in [-0.2, 0) is 4.79 Å². The molecule has 1 unspecified atom stereocenters. The zero-order chi connectivity index (χ0) is 14.2. The maximum Gasteiger partial charge on any atom is 0.234 e. The summed E-state index contributed by atoms with van der Waals surface area (Å²) in [5.41, 5.74) is 1.34. The molecule has 4 heteroatoms. The van der Waals surface area contributed by atoms with E-state index in [-0.39, 0.29) is 5.91 Å². The first-order valence-corrected chi connectivity index (χ1v) is 7.50. The Morgan fingerprint density at radius 3 is 2.70 bits per heavy atom. The molecule has 1 saturated heterocycles. The van der Waals surface area contributed by atoms with Crippen molar-refractivity contribution in [2.75, 3.05) is 39.3 Å². The molecule has 0 saturated carbocycles. The lowest BCUT2D eigenvalue weighted by Crippen LogP contribution is -2.47. The molecule has 1 fully saturated rings. The van der Waals surface area contributed by atoms with Gasteiger partial charge in [0.1, 0.15) is 0 Å². The van der Waals surface area contributed by atoms with Gasteiger partial charge < -0.3 is 10.6 Å². The summed E-state index contributed by atoms with van der Waals surface area (Å²) >= 11 is 0. The van der Waals surface area contributed by atoms with Gasteiger partial charge in [0.15, 0.2) is 0 Å². The summed E-state index contributed by atoms with van der Waals surface area (Å²) in [5.74, 6) is 0.628. The van der Waals surface area contributed by atoms with Crippen molar-refractivity contribution in [3.05, 3.63) is 35.9 Å². The first-order valence-electron chi connectivity index (χ1n) is 7.50. The maximum atomic E-state index is 11.9. The molecule has 0 aliphatic carbocycles. The van der Waals surface area contributed by atoms with E-state index < -0.39 is 0 Å². The van der Waals surface area contributed by atoms with Gasteiger partial charge in [0.2, 0.25) is 5.91 Å². The largest absolute Gasteiger partial charge is 0.355 e. The van der Waals surface area contributed by atoms with E-state index in [0.717, 1.165) is 39.1 Å². The second kappa shape index (κ2) is 8.02. The Labute approximate surface area is 121 Å². The average Bonchev–Trinajstić information content (AvgIpc) is 2.49. The van der Waals surface area contributed by atoms with Gasteiger partial charge in [0, 0.05) is 32.7 Å². The lowest BCUT2D eigenvalue weighted by Gasteiger charge is -2.26. The molecule has 1 aliphatic rings. The number of hydrogen-bond donors (Lipinski definition) is 2. The zero-order valence-corrected chi connectivity index (χ0v) is 12.3. The first kappa shape index (κ1) is 15.0. The van der Waals surface area contributed by atoms with Crippen molar-refractivity contribution in [3.8, 4) is 0 Å². The van der Waals surface area contributed by atoms with E-state index in [1.165, 1.54) is 5.56 Å². The molecule has 1 aromatic carbocycles. The van der Waals surface area contributed by atoms with Gasteiger partial charge >= 0.3 is 0 Å². The standard InChI is InChI=1S/C16H25N3O/c1-14(15-5-3-2-4-6-15)7-8-18-16(20)13-19-11-9-17-10-12-19/h2-6,14,17H,7-13H2,1H3,(H,18,20). The third-order valence-electron chi connectivity index (χ3n) is 3.84. The van der Waals surface area contributed by atoms with Crippen molar-refractivity contribution in [3.63, 3.8) is 0 Å². The number of nitrogens with zero attached hydrogens (tertiary/aromatic N) is 1. The van der Waals surface area contributed by atoms with E-state index >= 15 is 0 Å². The molecule has 0 bridgehead atoms. The summed E-state index contributed by atoms with van der Waals surface area (Å²) in [5, 5.41) is 6.32. The molecule has 0 spiro atoms. The highest BCUT2D eigenvalue weighted by Crippen LogP contribution is 2.17. The van der Waals surface area contributed by atoms with E-state index in [0.29, 0.717) is 12.5 Å². The van der Waals surface area contributed by atoms with Crippen LogP contribution in [0.5, 0.6) is 0 Å². The Bertz CT molecular complexity index is 401. The molecule has 2 rings (SSSR count). The Morgan fingerprint density at radius 2 is 2.00 bits per heavy atom. The third kappa shape index (κ3) is 4.94. The molecule has 0 aromatic heterocycles. The predicted octanol–water partition coefficient (Wildman–Crippen LogP) is 1.20. The van der Waals surface area contributed by atoms with Crippen LogP contribution < -0.4 is 10.6 Å². The molecule has 110 valence electrons. The second-order valence-corrected chi connectivity index (χ2v) is 5.48. The average molecular weight is 275 g/mol. The Morgan fingerprint density at radius 1 is 1.30 bits per heavy atom. The topological polar surface area (TPSA) is 44.4 Å². The zero-order valence-electron chi connectivity index (χ0n) is 12.3. The summed E-state index contributed by atoms with van der Waals surface area (Å²) in [6.07, 6.45) is 0.983. The van der Waals surface area contributed by atoms with Crippen LogP contribution in [-0.4, -0.2) is 50.1 Å². The van der Waals surface area contributed by atoms with Gasteiger partial charge in [0.25, 0.3) is 0 Å². The van der Waals surface area contributed by atoms with Gasteiger partial charge in [-0.3, -0.25) is 9.69 Å². The number of benzene rings is 1. The SMILES string of the molecule is CC(CCNC(=O)CN1CCNCC1)c1ccccc1. The number of hydrogen-bond acceptors (Lipinski definition) is 3. The second-order valence-electron chi connectivity index (χ2n) is 5.48. The quantitative estimate of drug-likeness (QED) is 0.820. The van der Waals surface area contributed by atoms with Crippen molar-refractivity contribution in [2.45, 2.75) is 19.3 Å². The van der Waals surface area contributed by atoms with E-state index in [1.807, 2.05) is 6.07 Å². The smallest absolute Gasteiger partial charge is 0.234 e. The van der Waals surface area contributed by atoms with Crippen LogP contribution in [0.2, 0.25) is 0 Å². The molecule has 1 aliphatic heterocycles. The minimum absolute atomic E-state index is 0.146. The number of nitrogens with one attached hydrogen (secondary N) is 2. The molecule has 4 nitrogen and oxygen atoms in total. The van der Waals surface area contributed by atoms with Crippen LogP contribution in [0.4, 0.5) is 0 Å². The third-order valence-corrected chi connectivity index (χ3v) is 3.84. The van der Waals surface area contributed by atoms with Crippen LogP contribution >= 0.6 is 0 Å². The fraction of sp³-hybridized carbons (Fsp3) is 0.562. The van der Waals surface area contributed by atoms with Crippen LogP contribution in [0.25, 0.3) is 0 Å². The molecule has 1 amide bonds. The van der Waals surface area contributed by atoms with Crippen LogP contribution in [0.1, 0.15) is 24.8 Å². The fourth-order valence-corrected chi connectivity index (χ4v) is 2.50. The van der Waals surface area contributed by atoms with Gasteiger partial charge in [-0.05, 0) is 17.9 Å². The van der Waals surface area contributed by atoms with Crippen molar-refractivity contribution < 1.29 is 4.79 Å². The summed E-state index contributed by atoms with van der Waals surface area (Å²) < 4.78 is 0. The van der Waals surface area contributed by atoms with Crippen molar-refractivity contribution >= 4 is 5.91 Å². The lowest BCUT2D eigenvalue weighted by molar-refractivity contribution is -0.122. The van der Waals surface area contributed by atoms with Crippen molar-refractivity contribution in [2.24, 2.45) is 0 Å². The molecule has 1 atom stereocenters. The summed E-state index contributed by atoms with van der Waals surface area (Å²) in [6, 6.07) is 10.5. The van der Waals surface area contributed by atoms with Crippen molar-refractivity contribution in [1.82, 2.24) is 15.5 Å². The van der Waals surface area contributed by atoms with E-state index in [2.05, 4.69) is 46.7 Å². The van der Waals surface area contributed by atoms with Crippen LogP contribution in [0.3, 0.4) is 0 Å². The van der Waals surface area contributed by atoms with Gasteiger partial charge in [-0.2, -0.15) is 0 Å². The van der Waals surface area contributed by atoms with E-state index in [9.17, 15) is 4.79 Å². The molecular formula is C16H25N3O. The monoisotopic (exact) mass is 275 g/mol. The number of amides is 1. The molecule has 0 radical (unpaired) electrons. The minimum atomic E-state index is 0.146. The van der Waals surface area contributed by atoms with E-state index in [4.69, 9.17) is 0 Å². The van der Waals surface area contributed by atoms with Crippen LogP contribution in [0, 0.1) is 0 Å². The number of carbonyl (C=O) groups excluding carboxylic acids is 1.